The molecule has 4 aromatic rings. The van der Waals surface area contributed by atoms with Gasteiger partial charge in [0.15, 0.2) is 0 Å². The molecule has 47 heavy (non-hydrogen) atoms. The lowest BCUT2D eigenvalue weighted by Crippen LogP contribution is -2.48. The van der Waals surface area contributed by atoms with Crippen molar-refractivity contribution in [3.05, 3.63) is 52.3 Å². The zero-order valence-electron chi connectivity index (χ0n) is 26.7. The highest BCUT2D eigenvalue weighted by atomic mass is 32.2. The molecule has 0 aliphatic carbocycles. The van der Waals surface area contributed by atoms with Crippen LogP contribution in [0.25, 0.3) is 21.1 Å². The number of nitrogens with zero attached hydrogens (tertiary/aromatic N) is 7. The van der Waals surface area contributed by atoms with Gasteiger partial charge in [-0.25, -0.2) is 14.3 Å². The van der Waals surface area contributed by atoms with Crippen LogP contribution in [-0.4, -0.2) is 98.6 Å². The summed E-state index contributed by atoms with van der Waals surface area (Å²) < 4.78 is 55.8. The van der Waals surface area contributed by atoms with E-state index >= 15 is 0 Å². The van der Waals surface area contributed by atoms with E-state index in [9.17, 15) is 22.8 Å². The van der Waals surface area contributed by atoms with Crippen LogP contribution in [0.2, 0.25) is 0 Å². The second-order valence-electron chi connectivity index (χ2n) is 12.5. The Hall–Kier alpha value is -2.96. The van der Waals surface area contributed by atoms with E-state index in [1.54, 1.807) is 18.0 Å². The molecule has 2 saturated heterocycles. The molecule has 6 rings (SSSR count). The molecule has 0 spiro atoms. The number of rotatable bonds is 11. The lowest BCUT2D eigenvalue weighted by molar-refractivity contribution is -0.126. The molecule has 5 heterocycles. The largest absolute Gasteiger partial charge is 0.393 e. The topological polar surface area (TPSA) is 76.2 Å². The number of fused-ring (bicyclic) bond motifs is 2. The first-order chi connectivity index (χ1) is 22.6. The minimum Gasteiger partial charge on any atom is -0.367 e. The van der Waals surface area contributed by atoms with Crippen LogP contribution in [0.1, 0.15) is 41.5 Å². The number of piperazine rings is 1. The Morgan fingerprint density at radius 2 is 1.85 bits per heavy atom. The van der Waals surface area contributed by atoms with Crippen molar-refractivity contribution in [2.24, 2.45) is 0 Å². The fourth-order valence-corrected chi connectivity index (χ4v) is 8.55. The molecule has 252 valence electrons. The van der Waals surface area contributed by atoms with Crippen LogP contribution in [0.3, 0.4) is 0 Å². The molecular formula is C33H40F4N8S2. The Labute approximate surface area is 280 Å². The molecule has 0 radical (unpaired) electrons. The third-order valence-corrected chi connectivity index (χ3v) is 11.5. The Kier molecular flexibility index (Phi) is 10.6. The smallest absolute Gasteiger partial charge is 0.367 e. The summed E-state index contributed by atoms with van der Waals surface area (Å²) in [5.41, 5.74) is 4.19. The van der Waals surface area contributed by atoms with Gasteiger partial charge in [0.25, 0.3) is 0 Å². The molecule has 0 unspecified atom stereocenters. The van der Waals surface area contributed by atoms with Crippen molar-refractivity contribution in [3.63, 3.8) is 0 Å². The summed E-state index contributed by atoms with van der Waals surface area (Å²) >= 11 is 2.65. The van der Waals surface area contributed by atoms with Crippen molar-refractivity contribution < 1.29 is 17.6 Å². The average Bonchev–Trinajstić information content (AvgIpc) is 3.63. The van der Waals surface area contributed by atoms with E-state index in [2.05, 4.69) is 66.0 Å². The fourth-order valence-electron chi connectivity index (χ4n) is 6.77. The highest BCUT2D eigenvalue weighted by molar-refractivity contribution is 7.97. The summed E-state index contributed by atoms with van der Waals surface area (Å²) in [4.78, 5) is 14.2. The van der Waals surface area contributed by atoms with E-state index in [1.165, 1.54) is 17.5 Å². The molecule has 3 aromatic heterocycles. The maximum atomic E-state index is 12.9. The second kappa shape index (κ2) is 14.7. The molecule has 14 heteroatoms. The minimum absolute atomic E-state index is 0.171. The number of aryl methyl sites for hydroxylation is 1. The normalized spacial score (nSPS) is 18.2. The van der Waals surface area contributed by atoms with E-state index in [1.807, 2.05) is 6.07 Å². The van der Waals surface area contributed by atoms with Crippen LogP contribution >= 0.6 is 23.3 Å². The van der Waals surface area contributed by atoms with Gasteiger partial charge in [-0.15, -0.1) is 11.3 Å². The molecule has 2 aliphatic rings. The molecule has 0 saturated carbocycles. The number of alkyl halides is 4. The van der Waals surface area contributed by atoms with Crippen molar-refractivity contribution in [2.75, 3.05) is 57.0 Å². The molecule has 1 N–H and O–H groups in total. The lowest BCUT2D eigenvalue weighted by Gasteiger charge is -2.37. The molecule has 1 aromatic carbocycles. The van der Waals surface area contributed by atoms with Crippen LogP contribution in [0, 0.1) is 18.3 Å². The van der Waals surface area contributed by atoms with Gasteiger partial charge < -0.3 is 9.88 Å². The molecule has 0 amide bonds. The van der Waals surface area contributed by atoms with Crippen LogP contribution in [-0.2, 0) is 19.5 Å². The van der Waals surface area contributed by atoms with Gasteiger partial charge in [-0.3, -0.25) is 14.2 Å². The number of hydrogen-bond acceptors (Lipinski definition) is 9. The van der Waals surface area contributed by atoms with Gasteiger partial charge in [0.1, 0.15) is 28.7 Å². The van der Waals surface area contributed by atoms with Gasteiger partial charge in [0.2, 0.25) is 0 Å². The van der Waals surface area contributed by atoms with Gasteiger partial charge in [-0.05, 0) is 56.0 Å². The van der Waals surface area contributed by atoms with Crippen LogP contribution in [0.15, 0.2) is 30.6 Å². The van der Waals surface area contributed by atoms with Crippen molar-refractivity contribution >= 4 is 50.2 Å². The Bertz CT molecular complexity index is 1720. The highest BCUT2D eigenvalue weighted by Gasteiger charge is 2.29. The number of thiophene rings is 1. The van der Waals surface area contributed by atoms with Crippen molar-refractivity contribution in [1.29, 1.82) is 5.26 Å². The Morgan fingerprint density at radius 3 is 2.55 bits per heavy atom. The highest BCUT2D eigenvalue weighted by Crippen LogP contribution is 2.34. The van der Waals surface area contributed by atoms with Crippen molar-refractivity contribution in [3.8, 4) is 6.07 Å². The standard InChI is InChI=1S/C33H40F4N8S2/c1-22(43-10-12-44(13-11-43)46-14-7-34)19-45-26(18-38)15-28-23(2)24(3-4-30(28)45)20-42-8-5-25(6-9-42)41-31-29-16-27(17-33(35,36)37)47-32(29)40-21-39-31/h3-4,15-16,21-22,25H,5-14,17,19-20H2,1-2H3,(H,39,40,41)/t22-/m0/s1. The molecule has 8 nitrogen and oxygen atoms in total. The van der Waals surface area contributed by atoms with Gasteiger partial charge in [-0.2, -0.15) is 18.4 Å². The second-order valence-corrected chi connectivity index (χ2v) is 14.8. The maximum absolute atomic E-state index is 12.9. The molecule has 2 fully saturated rings. The monoisotopic (exact) mass is 688 g/mol. The first-order valence-corrected chi connectivity index (χ1v) is 17.9. The number of hydrogen-bond donors (Lipinski definition) is 1. The van der Waals surface area contributed by atoms with Gasteiger partial charge in [0.05, 0.1) is 18.5 Å². The molecule has 2 aliphatic heterocycles. The SMILES string of the molecule is Cc1c(CN2CCC(Nc3ncnc4sc(CC(F)(F)F)cc34)CC2)ccc2c1cc(C#N)n2C[C@H](C)N1CCN(SCCF)CC1. The van der Waals surface area contributed by atoms with E-state index < -0.39 is 12.6 Å². The zero-order chi connectivity index (χ0) is 33.1. The molecule has 0 bridgehead atoms. The van der Waals surface area contributed by atoms with E-state index in [0.717, 1.165) is 87.4 Å². The summed E-state index contributed by atoms with van der Waals surface area (Å²) in [6.45, 7) is 11.0. The quantitative estimate of drug-likeness (QED) is 0.139. The van der Waals surface area contributed by atoms with E-state index in [4.69, 9.17) is 0 Å². The molecule has 1 atom stereocenters. The summed E-state index contributed by atoms with van der Waals surface area (Å²) in [6.07, 6.45) is -2.02. The van der Waals surface area contributed by atoms with E-state index in [0.29, 0.717) is 27.5 Å². The number of benzene rings is 1. The lowest BCUT2D eigenvalue weighted by atomic mass is 10.0. The number of anilines is 1. The number of halogens is 4. The van der Waals surface area contributed by atoms with Crippen molar-refractivity contribution in [2.45, 2.75) is 64.5 Å². The zero-order valence-corrected chi connectivity index (χ0v) is 28.3. The third-order valence-electron chi connectivity index (χ3n) is 9.35. The first-order valence-electron chi connectivity index (χ1n) is 16.1. The fraction of sp³-hybridized carbons (Fsp3) is 0.545. The number of nitrogens with one attached hydrogen (secondary N) is 1. The minimum atomic E-state index is -4.26. The number of likely N-dealkylation sites (tertiary alicyclic amines) is 1. The van der Waals surface area contributed by atoms with Gasteiger partial charge in [0, 0.05) is 86.0 Å². The average molecular weight is 689 g/mol. The summed E-state index contributed by atoms with van der Waals surface area (Å²) in [5.74, 6) is 1.11. The van der Waals surface area contributed by atoms with Crippen LogP contribution in [0.5, 0.6) is 0 Å². The van der Waals surface area contributed by atoms with Crippen LogP contribution < -0.4 is 5.32 Å². The van der Waals surface area contributed by atoms with Crippen LogP contribution in [0.4, 0.5) is 23.4 Å². The van der Waals surface area contributed by atoms with Gasteiger partial charge in [-0.1, -0.05) is 18.0 Å². The number of nitriles is 1. The van der Waals surface area contributed by atoms with E-state index in [-0.39, 0.29) is 23.6 Å². The maximum Gasteiger partial charge on any atom is 0.393 e. The summed E-state index contributed by atoms with van der Waals surface area (Å²) in [5, 5.41) is 15.3. The molecular weight excluding hydrogens is 649 g/mol. The summed E-state index contributed by atoms with van der Waals surface area (Å²) in [6, 6.07) is 10.8. The predicted octanol–water partition coefficient (Wildman–Crippen LogP) is 6.63. The predicted molar refractivity (Wildman–Crippen MR) is 182 cm³/mol. The first kappa shape index (κ1) is 33.9. The summed E-state index contributed by atoms with van der Waals surface area (Å²) in [7, 11) is 0. The Morgan fingerprint density at radius 1 is 1.09 bits per heavy atom. The van der Waals surface area contributed by atoms with Gasteiger partial charge >= 0.3 is 6.18 Å². The third kappa shape index (κ3) is 8.03. The Balaban J connectivity index is 1.07. The van der Waals surface area contributed by atoms with Crippen molar-refractivity contribution in [1.82, 2.24) is 28.6 Å². The number of piperidine rings is 1. The number of aromatic nitrogens is 3.